The summed E-state index contributed by atoms with van der Waals surface area (Å²) in [7, 11) is -1.62. The molecule has 4 rings (SSSR count). The third-order valence-electron chi connectivity index (χ3n) is 5.14. The van der Waals surface area contributed by atoms with Crippen molar-refractivity contribution in [2.75, 3.05) is 0 Å². The molecule has 2 aliphatic rings. The van der Waals surface area contributed by atoms with Gasteiger partial charge in [-0.1, -0.05) is 80.2 Å². The van der Waals surface area contributed by atoms with E-state index in [-0.39, 0.29) is 5.92 Å². The predicted molar refractivity (Wildman–Crippen MR) is 111 cm³/mol. The van der Waals surface area contributed by atoms with Crippen LogP contribution in [0.1, 0.15) is 23.5 Å². The van der Waals surface area contributed by atoms with Crippen molar-refractivity contribution in [3.8, 4) is 22.6 Å². The maximum absolute atomic E-state index is 12.0. The van der Waals surface area contributed by atoms with Gasteiger partial charge in [-0.2, -0.15) is 0 Å². The lowest BCUT2D eigenvalue weighted by Crippen LogP contribution is -2.37. The first-order chi connectivity index (χ1) is 12.4. The number of allylic oxidation sites excluding steroid dienone is 1. The summed E-state index contributed by atoms with van der Waals surface area (Å²) >= 11 is 0. The molecule has 2 aromatic carbocycles. The van der Waals surface area contributed by atoms with Crippen molar-refractivity contribution in [3.63, 3.8) is 0 Å². The average molecular weight is 357 g/mol. The molecule has 1 atom stereocenters. The van der Waals surface area contributed by atoms with Gasteiger partial charge in [0.25, 0.3) is 0 Å². The van der Waals surface area contributed by atoms with Crippen molar-refractivity contribution in [3.05, 3.63) is 84.1 Å². The van der Waals surface area contributed by atoms with E-state index >= 15 is 0 Å². The van der Waals surface area contributed by atoms with E-state index in [1.54, 1.807) is 0 Å². The van der Waals surface area contributed by atoms with Crippen LogP contribution in [0.25, 0.3) is 11.1 Å². The van der Waals surface area contributed by atoms with Crippen LogP contribution < -0.4 is 0 Å². The maximum atomic E-state index is 12.0. The Morgan fingerprint density at radius 3 is 2.04 bits per heavy atom. The minimum atomic E-state index is -1.62. The van der Waals surface area contributed by atoms with Gasteiger partial charge in [-0.3, -0.25) is 0 Å². The van der Waals surface area contributed by atoms with Crippen LogP contribution in [0.3, 0.4) is 0 Å². The van der Waals surface area contributed by atoms with Crippen molar-refractivity contribution in [2.45, 2.75) is 37.6 Å². The van der Waals surface area contributed by atoms with Crippen LogP contribution >= 0.6 is 0 Å². The Kier molecular flexibility index (Phi) is 4.18. The van der Waals surface area contributed by atoms with E-state index < -0.39 is 13.7 Å². The van der Waals surface area contributed by atoms with Gasteiger partial charge in [0.05, 0.1) is 5.92 Å². The number of hydrogen-bond donors (Lipinski definition) is 1. The highest BCUT2D eigenvalue weighted by atomic mass is 28.3. The quantitative estimate of drug-likeness (QED) is 0.583. The van der Waals surface area contributed by atoms with Gasteiger partial charge in [-0.05, 0) is 47.1 Å². The van der Waals surface area contributed by atoms with Crippen LogP contribution in [-0.4, -0.2) is 18.8 Å². The summed E-state index contributed by atoms with van der Waals surface area (Å²) in [5.74, 6) is 3.21. The molecule has 1 N–H and O–H groups in total. The van der Waals surface area contributed by atoms with E-state index in [2.05, 4.69) is 86.1 Å². The predicted octanol–water partition coefficient (Wildman–Crippen LogP) is 5.15. The van der Waals surface area contributed by atoms with E-state index in [0.29, 0.717) is 0 Å². The first kappa shape index (κ1) is 17.3. The normalized spacial score (nSPS) is 18.4. The van der Waals surface area contributed by atoms with E-state index in [1.165, 1.54) is 22.3 Å². The van der Waals surface area contributed by atoms with E-state index in [9.17, 15) is 5.11 Å². The molecule has 0 saturated heterocycles. The van der Waals surface area contributed by atoms with E-state index in [1.807, 2.05) is 12.5 Å². The van der Waals surface area contributed by atoms with Gasteiger partial charge >= 0.3 is 0 Å². The number of aliphatic hydroxyl groups is 1. The van der Waals surface area contributed by atoms with Gasteiger partial charge in [-0.15, -0.1) is 5.54 Å². The Labute approximate surface area is 157 Å². The topological polar surface area (TPSA) is 20.2 Å². The van der Waals surface area contributed by atoms with Gasteiger partial charge in [0.1, 0.15) is 8.07 Å². The van der Waals surface area contributed by atoms with Crippen LogP contribution in [-0.2, 0) is 0 Å². The largest absolute Gasteiger partial charge is 0.373 e. The summed E-state index contributed by atoms with van der Waals surface area (Å²) in [5.41, 5.74) is 8.05. The van der Waals surface area contributed by atoms with Crippen LogP contribution in [0.4, 0.5) is 0 Å². The third-order valence-corrected chi connectivity index (χ3v) is 6.02. The highest BCUT2D eigenvalue weighted by Crippen LogP contribution is 2.52. The van der Waals surface area contributed by atoms with E-state index in [0.717, 1.165) is 12.0 Å². The second-order valence-corrected chi connectivity index (χ2v) is 12.9. The number of fused-ring (bicyclic) bond motifs is 3. The highest BCUT2D eigenvalue weighted by Gasteiger charge is 2.46. The Morgan fingerprint density at radius 2 is 1.54 bits per heavy atom. The lowest BCUT2D eigenvalue weighted by Gasteiger charge is -2.33. The molecule has 1 unspecified atom stereocenters. The molecule has 2 aromatic rings. The van der Waals surface area contributed by atoms with E-state index in [4.69, 9.17) is 0 Å². The van der Waals surface area contributed by atoms with Crippen molar-refractivity contribution in [1.82, 2.24) is 0 Å². The van der Waals surface area contributed by atoms with Crippen LogP contribution in [0, 0.1) is 24.3 Å². The zero-order valence-corrected chi connectivity index (χ0v) is 16.6. The molecule has 0 fully saturated rings. The van der Waals surface area contributed by atoms with Crippen molar-refractivity contribution >= 4 is 8.07 Å². The van der Waals surface area contributed by atoms with Crippen LogP contribution in [0.5, 0.6) is 0 Å². The Bertz CT molecular complexity index is 893. The fraction of sp³-hybridized carbons (Fsp3) is 0.250. The molecule has 2 aliphatic carbocycles. The molecular formula is C24H24OSi. The van der Waals surface area contributed by atoms with Gasteiger partial charge in [0.15, 0.2) is 5.60 Å². The average Bonchev–Trinajstić information content (AvgIpc) is 3.26. The molecule has 0 aliphatic heterocycles. The fourth-order valence-corrected chi connectivity index (χ4v) is 4.52. The van der Waals surface area contributed by atoms with Crippen molar-refractivity contribution in [2.24, 2.45) is 0 Å². The molecule has 130 valence electrons. The first-order valence-corrected chi connectivity index (χ1v) is 12.7. The lowest BCUT2D eigenvalue weighted by molar-refractivity contribution is 0.121. The van der Waals surface area contributed by atoms with Crippen molar-refractivity contribution < 1.29 is 5.11 Å². The molecule has 1 nitrogen and oxygen atoms in total. The highest BCUT2D eigenvalue weighted by molar-refractivity contribution is 6.83. The minimum absolute atomic E-state index is 0.148. The van der Waals surface area contributed by atoms with Gasteiger partial charge in [0.2, 0.25) is 0 Å². The fourth-order valence-electron chi connectivity index (χ4n) is 3.96. The Morgan fingerprint density at radius 1 is 0.962 bits per heavy atom. The number of rotatable bonds is 2. The summed E-state index contributed by atoms with van der Waals surface area (Å²) in [4.78, 5) is 0. The molecular weight excluding hydrogens is 332 g/mol. The molecule has 0 spiro atoms. The summed E-state index contributed by atoms with van der Waals surface area (Å²) in [6.45, 7) is 6.66. The molecule has 0 amide bonds. The molecule has 0 saturated carbocycles. The summed E-state index contributed by atoms with van der Waals surface area (Å²) < 4.78 is 0. The first-order valence-electron chi connectivity index (χ1n) is 9.21. The van der Waals surface area contributed by atoms with Gasteiger partial charge in [-0.25, -0.2) is 0 Å². The smallest absolute Gasteiger partial charge is 0.157 e. The Balaban J connectivity index is 1.95. The monoisotopic (exact) mass is 356 g/mol. The maximum Gasteiger partial charge on any atom is 0.157 e. The zero-order valence-electron chi connectivity index (χ0n) is 15.6. The van der Waals surface area contributed by atoms with Crippen LogP contribution in [0.15, 0.2) is 60.2 Å². The molecule has 0 aromatic heterocycles. The van der Waals surface area contributed by atoms with Gasteiger partial charge in [0, 0.05) is 0 Å². The summed E-state index contributed by atoms with van der Waals surface area (Å²) in [5, 5.41) is 12.0. The van der Waals surface area contributed by atoms with Crippen LogP contribution in [0.2, 0.25) is 19.6 Å². The summed E-state index contributed by atoms with van der Waals surface area (Å²) in [6.07, 6.45) is 6.94. The zero-order chi connectivity index (χ0) is 18.4. The standard InChI is InChI=1S/C24H24OSi/c1-26(2,3)17-16-24(25,18-10-4-5-11-18)23-21-14-8-6-12-19(21)20-13-7-9-15-22(20)23/h4-10,12-15,23,25H,11H2,1-3H3. The number of hydrogen-bond acceptors (Lipinski definition) is 1. The SMILES string of the molecule is C[Si](C)(C)C#CC(O)(C1=C[CH][CH]C1)C1c2ccccc2-c2ccccc21. The minimum Gasteiger partial charge on any atom is -0.373 e. The lowest BCUT2D eigenvalue weighted by atomic mass is 9.76. The molecule has 2 heteroatoms. The number of benzene rings is 2. The second-order valence-electron chi connectivity index (χ2n) is 8.20. The van der Waals surface area contributed by atoms with Gasteiger partial charge < -0.3 is 5.11 Å². The molecule has 0 heterocycles. The second kappa shape index (κ2) is 6.27. The molecule has 26 heavy (non-hydrogen) atoms. The molecule has 2 radical (unpaired) electrons. The Hall–Kier alpha value is -2.08. The molecule has 0 bridgehead atoms. The summed E-state index contributed by atoms with van der Waals surface area (Å²) in [6, 6.07) is 16.9. The van der Waals surface area contributed by atoms with Crippen molar-refractivity contribution in [1.29, 1.82) is 0 Å². The third kappa shape index (κ3) is 2.86.